The molecule has 0 fully saturated rings. The molecule has 0 saturated carbocycles. The quantitative estimate of drug-likeness (QED) is 0.314. The summed E-state index contributed by atoms with van der Waals surface area (Å²) in [5.41, 5.74) is 2.08. The highest BCUT2D eigenvalue weighted by atomic mass is 32.2. The largest absolute Gasteiger partial charge is 0.364 e. The second-order valence-electron chi connectivity index (χ2n) is 7.20. The Labute approximate surface area is 166 Å². The van der Waals surface area contributed by atoms with Gasteiger partial charge < -0.3 is 0 Å². The Balaban J connectivity index is 1.84. The third-order valence-corrected chi connectivity index (χ3v) is 6.28. The number of benzene rings is 5. The highest BCUT2D eigenvalue weighted by Crippen LogP contribution is 2.29. The molecule has 0 aliphatic carbocycles. The molecule has 5 aromatic carbocycles. The monoisotopic (exact) mass is 394 g/mol. The van der Waals surface area contributed by atoms with Crippen molar-refractivity contribution in [1.29, 1.82) is 0 Å². The molecule has 0 radical (unpaired) electrons. The molecule has 6 rings (SSSR count). The van der Waals surface area contributed by atoms with Crippen molar-refractivity contribution in [3.8, 4) is 11.1 Å². The summed E-state index contributed by atoms with van der Waals surface area (Å²) in [6, 6.07) is 28.3. The van der Waals surface area contributed by atoms with E-state index in [1.165, 1.54) is 0 Å². The van der Waals surface area contributed by atoms with Gasteiger partial charge in [-0.15, -0.1) is 8.80 Å². The molecule has 0 aromatic heterocycles. The van der Waals surface area contributed by atoms with E-state index >= 15 is 0 Å². The summed E-state index contributed by atoms with van der Waals surface area (Å²) in [4.78, 5) is 0. The van der Waals surface area contributed by atoms with Gasteiger partial charge in [0.05, 0.1) is 0 Å². The molecule has 0 bridgehead atoms. The van der Waals surface area contributed by atoms with E-state index in [4.69, 9.17) is 0 Å². The molecule has 0 saturated heterocycles. The van der Waals surface area contributed by atoms with Gasteiger partial charge in [0.1, 0.15) is 10.7 Å². The van der Waals surface area contributed by atoms with Crippen LogP contribution in [0.15, 0.2) is 93.7 Å². The Kier molecular flexibility index (Phi) is 3.23. The Hall–Kier alpha value is -3.57. The van der Waals surface area contributed by atoms with E-state index < -0.39 is 10.2 Å². The van der Waals surface area contributed by atoms with Crippen LogP contribution in [0, 0.1) is 0 Å². The molecule has 5 heteroatoms. The van der Waals surface area contributed by atoms with Crippen LogP contribution in [0.4, 0.5) is 0 Å². The van der Waals surface area contributed by atoms with Gasteiger partial charge in [-0.05, 0) is 50.9 Å². The minimum Gasteiger partial charge on any atom is -0.179 e. The van der Waals surface area contributed by atoms with Crippen molar-refractivity contribution < 1.29 is 8.42 Å². The number of hydrogen-bond acceptors (Lipinski definition) is 2. The van der Waals surface area contributed by atoms with Gasteiger partial charge in [-0.3, -0.25) is 0 Å². The van der Waals surface area contributed by atoms with E-state index in [0.717, 1.165) is 43.4 Å². The zero-order valence-corrected chi connectivity index (χ0v) is 16.0. The van der Waals surface area contributed by atoms with Gasteiger partial charge in [0, 0.05) is 10.8 Å². The first kappa shape index (κ1) is 16.4. The van der Waals surface area contributed by atoms with Crippen LogP contribution in [-0.2, 0) is 10.2 Å². The molecule has 0 atom stereocenters. The van der Waals surface area contributed by atoms with Crippen molar-refractivity contribution >= 4 is 42.5 Å². The molecule has 1 heterocycles. The average Bonchev–Trinajstić information content (AvgIpc) is 3.08. The van der Waals surface area contributed by atoms with Crippen LogP contribution in [-0.4, -0.2) is 8.42 Å². The van der Waals surface area contributed by atoms with Crippen molar-refractivity contribution in [3.63, 3.8) is 0 Å². The minimum atomic E-state index is -3.87. The van der Waals surface area contributed by atoms with Crippen molar-refractivity contribution in [1.82, 2.24) is 0 Å². The van der Waals surface area contributed by atoms with Crippen LogP contribution in [0.5, 0.6) is 0 Å². The third-order valence-electron chi connectivity index (χ3n) is 5.45. The summed E-state index contributed by atoms with van der Waals surface area (Å²) in [6.45, 7) is 0. The number of fused-ring (bicyclic) bond motifs is 7. The first-order valence-corrected chi connectivity index (χ1v) is 10.7. The summed E-state index contributed by atoms with van der Waals surface area (Å²) >= 11 is 0. The van der Waals surface area contributed by atoms with Gasteiger partial charge in [-0.25, -0.2) is 0 Å². The molecule has 5 aromatic rings. The molecule has 138 valence electrons. The molecule has 1 aliphatic rings. The van der Waals surface area contributed by atoms with Gasteiger partial charge in [-0.1, -0.05) is 66.7 Å². The van der Waals surface area contributed by atoms with Gasteiger partial charge in [0.15, 0.2) is 0 Å². The molecule has 0 spiro atoms. The SMILES string of the molecule is O=S1(=O)N=c2c(c3cc4ccccc4cc3c3ccc(-c4ccccc4)cc23)=N1. The van der Waals surface area contributed by atoms with Crippen LogP contribution in [0.2, 0.25) is 0 Å². The maximum absolute atomic E-state index is 12.3. The Morgan fingerprint density at radius 3 is 1.79 bits per heavy atom. The van der Waals surface area contributed by atoms with Crippen molar-refractivity contribution in [2.24, 2.45) is 8.80 Å². The second-order valence-corrected chi connectivity index (χ2v) is 8.46. The highest BCUT2D eigenvalue weighted by Gasteiger charge is 2.19. The standard InChI is InChI=1S/C24H14N2O2S/c27-29(28)25-23-21-14-18(15-6-2-1-3-7-15)10-11-19(21)20-12-16-8-4-5-9-17(16)13-22(20)24(23)26-29/h1-14H. The maximum atomic E-state index is 12.3. The first-order chi connectivity index (χ1) is 14.1. The van der Waals surface area contributed by atoms with E-state index in [9.17, 15) is 8.42 Å². The van der Waals surface area contributed by atoms with Crippen molar-refractivity contribution in [2.45, 2.75) is 0 Å². The van der Waals surface area contributed by atoms with Crippen LogP contribution < -0.4 is 10.7 Å². The van der Waals surface area contributed by atoms with E-state index in [-0.39, 0.29) is 0 Å². The predicted molar refractivity (Wildman–Crippen MR) is 116 cm³/mol. The van der Waals surface area contributed by atoms with E-state index in [1.54, 1.807) is 0 Å². The maximum Gasteiger partial charge on any atom is 0.364 e. The molecule has 0 amide bonds. The van der Waals surface area contributed by atoms with Gasteiger partial charge in [-0.2, -0.15) is 8.42 Å². The Morgan fingerprint density at radius 2 is 1.10 bits per heavy atom. The average molecular weight is 394 g/mol. The Bertz CT molecular complexity index is 1710. The van der Waals surface area contributed by atoms with Crippen LogP contribution in [0.3, 0.4) is 0 Å². The zero-order chi connectivity index (χ0) is 19.6. The van der Waals surface area contributed by atoms with Crippen molar-refractivity contribution in [3.05, 3.63) is 95.6 Å². The smallest absolute Gasteiger partial charge is 0.179 e. The predicted octanol–water partition coefficient (Wildman–Crippen LogP) is 4.31. The summed E-state index contributed by atoms with van der Waals surface area (Å²) in [5, 5.41) is 6.57. The van der Waals surface area contributed by atoms with E-state index in [0.29, 0.717) is 10.7 Å². The molecule has 4 nitrogen and oxygen atoms in total. The number of nitrogens with zero attached hydrogens (tertiary/aromatic N) is 2. The van der Waals surface area contributed by atoms with Crippen LogP contribution in [0.25, 0.3) is 43.4 Å². The number of hydrogen-bond donors (Lipinski definition) is 0. The molecule has 29 heavy (non-hydrogen) atoms. The first-order valence-electron chi connectivity index (χ1n) is 9.28. The molecule has 0 unspecified atom stereocenters. The molecule has 1 aliphatic heterocycles. The summed E-state index contributed by atoms with van der Waals surface area (Å²) < 4.78 is 32.5. The van der Waals surface area contributed by atoms with Gasteiger partial charge >= 0.3 is 10.2 Å². The lowest BCUT2D eigenvalue weighted by Crippen LogP contribution is -2.23. The van der Waals surface area contributed by atoms with Gasteiger partial charge in [0.25, 0.3) is 0 Å². The van der Waals surface area contributed by atoms with E-state index in [1.807, 2.05) is 60.7 Å². The number of rotatable bonds is 1. The molecular formula is C24H14N2O2S. The summed E-state index contributed by atoms with van der Waals surface area (Å²) in [6.07, 6.45) is 0. The summed E-state index contributed by atoms with van der Waals surface area (Å²) in [7, 11) is -3.87. The third kappa shape index (κ3) is 2.48. The Morgan fingerprint density at radius 1 is 0.517 bits per heavy atom. The molecular weight excluding hydrogens is 380 g/mol. The fourth-order valence-electron chi connectivity index (χ4n) is 4.14. The fourth-order valence-corrected chi connectivity index (χ4v) is 5.01. The van der Waals surface area contributed by atoms with Crippen LogP contribution >= 0.6 is 0 Å². The molecule has 0 N–H and O–H groups in total. The summed E-state index contributed by atoms with van der Waals surface area (Å²) in [5.74, 6) is 0. The van der Waals surface area contributed by atoms with Crippen LogP contribution in [0.1, 0.15) is 0 Å². The van der Waals surface area contributed by atoms with Gasteiger partial charge in [0.2, 0.25) is 0 Å². The second kappa shape index (κ2) is 5.72. The fraction of sp³-hybridized carbons (Fsp3) is 0. The highest BCUT2D eigenvalue weighted by molar-refractivity contribution is 7.88. The lowest BCUT2D eigenvalue weighted by molar-refractivity contribution is 0.599. The lowest BCUT2D eigenvalue weighted by Gasteiger charge is -2.09. The lowest BCUT2D eigenvalue weighted by atomic mass is 9.94. The topological polar surface area (TPSA) is 58.9 Å². The van der Waals surface area contributed by atoms with Crippen molar-refractivity contribution in [2.75, 3.05) is 0 Å². The minimum absolute atomic E-state index is 0.431. The zero-order valence-electron chi connectivity index (χ0n) is 15.2. The van der Waals surface area contributed by atoms with E-state index in [2.05, 4.69) is 33.1 Å². The normalized spacial score (nSPS) is 14.6.